The van der Waals surface area contributed by atoms with Gasteiger partial charge in [0.1, 0.15) is 12.4 Å². The van der Waals surface area contributed by atoms with E-state index in [1.54, 1.807) is 12.1 Å². The van der Waals surface area contributed by atoms with Crippen LogP contribution in [-0.4, -0.2) is 34.1 Å². The fourth-order valence-electron chi connectivity index (χ4n) is 2.43. The first-order chi connectivity index (χ1) is 12.8. The molecule has 2 rings (SSSR count). The van der Waals surface area contributed by atoms with Crippen LogP contribution in [0.1, 0.15) is 16.7 Å². The summed E-state index contributed by atoms with van der Waals surface area (Å²) in [6.07, 6.45) is 0.581. The Morgan fingerprint density at radius 3 is 2.37 bits per heavy atom. The van der Waals surface area contributed by atoms with Gasteiger partial charge < -0.3 is 15.4 Å². The van der Waals surface area contributed by atoms with Crippen LogP contribution in [0, 0.1) is 13.8 Å². The van der Waals surface area contributed by atoms with Crippen molar-refractivity contribution in [2.24, 2.45) is 5.14 Å². The standard InChI is InChI=1S/C19H25N3O4S/c1-14-4-3-5-18(15(14)2)26-13-12-22-19(23)21-11-10-16-6-8-17(9-7-16)27(20,24)25/h3-9H,10-13H2,1-2H3,(H2,20,24,25)(H2,21,22,23). The third-order valence-electron chi connectivity index (χ3n) is 4.15. The SMILES string of the molecule is Cc1cccc(OCCNC(=O)NCCc2ccc(S(N)(=O)=O)cc2)c1C. The van der Waals surface area contributed by atoms with E-state index in [4.69, 9.17) is 9.88 Å². The third kappa shape index (κ3) is 6.58. The average molecular weight is 391 g/mol. The van der Waals surface area contributed by atoms with Crippen molar-refractivity contribution in [1.82, 2.24) is 10.6 Å². The Kier molecular flexibility index (Phi) is 7.20. The van der Waals surface area contributed by atoms with E-state index in [2.05, 4.69) is 10.6 Å². The molecule has 7 nitrogen and oxygen atoms in total. The number of amides is 2. The molecule has 0 aliphatic carbocycles. The molecule has 0 spiro atoms. The summed E-state index contributed by atoms with van der Waals surface area (Å²) in [7, 11) is -3.68. The molecule has 0 aliphatic heterocycles. The summed E-state index contributed by atoms with van der Waals surface area (Å²) in [5, 5.41) is 10.5. The molecular formula is C19H25N3O4S. The maximum absolute atomic E-state index is 11.8. The molecule has 2 amide bonds. The molecule has 0 fully saturated rings. The topological polar surface area (TPSA) is 111 Å². The van der Waals surface area contributed by atoms with Crippen LogP contribution in [0.15, 0.2) is 47.4 Å². The van der Waals surface area contributed by atoms with Gasteiger partial charge in [-0.15, -0.1) is 0 Å². The first kappa shape index (κ1) is 20.7. The highest BCUT2D eigenvalue weighted by Crippen LogP contribution is 2.20. The van der Waals surface area contributed by atoms with Gasteiger partial charge in [0, 0.05) is 6.54 Å². The molecule has 0 saturated carbocycles. The number of urea groups is 1. The molecule has 0 radical (unpaired) electrons. The summed E-state index contributed by atoms with van der Waals surface area (Å²) in [6.45, 7) is 5.23. The van der Waals surface area contributed by atoms with Crippen molar-refractivity contribution < 1.29 is 17.9 Å². The number of carbonyl (C=O) groups excluding carboxylic acids is 1. The fraction of sp³-hybridized carbons (Fsp3) is 0.316. The number of hydrogen-bond donors (Lipinski definition) is 3. The van der Waals surface area contributed by atoms with Gasteiger partial charge in [-0.1, -0.05) is 24.3 Å². The fourth-order valence-corrected chi connectivity index (χ4v) is 2.95. The second-order valence-electron chi connectivity index (χ2n) is 6.17. The van der Waals surface area contributed by atoms with Crippen molar-refractivity contribution in [2.75, 3.05) is 19.7 Å². The minimum atomic E-state index is -3.68. The molecule has 146 valence electrons. The minimum absolute atomic E-state index is 0.0702. The van der Waals surface area contributed by atoms with E-state index in [0.29, 0.717) is 26.1 Å². The van der Waals surface area contributed by atoms with E-state index in [1.807, 2.05) is 32.0 Å². The van der Waals surface area contributed by atoms with E-state index in [0.717, 1.165) is 22.4 Å². The Morgan fingerprint density at radius 2 is 1.70 bits per heavy atom. The van der Waals surface area contributed by atoms with Crippen LogP contribution in [0.2, 0.25) is 0 Å². The van der Waals surface area contributed by atoms with Gasteiger partial charge in [0.2, 0.25) is 10.0 Å². The number of aryl methyl sites for hydroxylation is 1. The Hall–Kier alpha value is -2.58. The first-order valence-corrected chi connectivity index (χ1v) is 10.1. The number of ether oxygens (including phenoxy) is 1. The second-order valence-corrected chi connectivity index (χ2v) is 7.73. The summed E-state index contributed by atoms with van der Waals surface area (Å²) in [6, 6.07) is 11.9. The molecular weight excluding hydrogens is 366 g/mol. The van der Waals surface area contributed by atoms with Crippen LogP contribution in [0.4, 0.5) is 4.79 Å². The molecule has 2 aromatic carbocycles. The Labute approximate surface area is 160 Å². The van der Waals surface area contributed by atoms with Gasteiger partial charge in [-0.2, -0.15) is 0 Å². The lowest BCUT2D eigenvalue weighted by Crippen LogP contribution is -2.38. The van der Waals surface area contributed by atoms with Crippen molar-refractivity contribution in [1.29, 1.82) is 0 Å². The average Bonchev–Trinajstić information content (AvgIpc) is 2.62. The second kappa shape index (κ2) is 9.38. The van der Waals surface area contributed by atoms with E-state index in [1.165, 1.54) is 12.1 Å². The lowest BCUT2D eigenvalue weighted by Gasteiger charge is -2.12. The zero-order valence-corrected chi connectivity index (χ0v) is 16.3. The van der Waals surface area contributed by atoms with Crippen LogP contribution in [-0.2, 0) is 16.4 Å². The minimum Gasteiger partial charge on any atom is -0.491 e. The number of benzene rings is 2. The summed E-state index contributed by atoms with van der Waals surface area (Å²) in [4.78, 5) is 11.8. The molecule has 0 aliphatic rings. The van der Waals surface area contributed by atoms with Gasteiger partial charge in [0.05, 0.1) is 11.4 Å². The number of rotatable bonds is 8. The zero-order chi connectivity index (χ0) is 19.9. The molecule has 4 N–H and O–H groups in total. The van der Waals surface area contributed by atoms with Crippen LogP contribution in [0.5, 0.6) is 5.75 Å². The highest BCUT2D eigenvalue weighted by atomic mass is 32.2. The van der Waals surface area contributed by atoms with Crippen molar-refractivity contribution >= 4 is 16.1 Å². The normalized spacial score (nSPS) is 11.1. The molecule has 0 unspecified atom stereocenters. The van der Waals surface area contributed by atoms with E-state index in [9.17, 15) is 13.2 Å². The highest BCUT2D eigenvalue weighted by molar-refractivity contribution is 7.89. The van der Waals surface area contributed by atoms with Crippen molar-refractivity contribution in [2.45, 2.75) is 25.2 Å². The summed E-state index contributed by atoms with van der Waals surface area (Å²) < 4.78 is 28.1. The van der Waals surface area contributed by atoms with Crippen LogP contribution in [0.25, 0.3) is 0 Å². The molecule has 0 saturated heterocycles. The van der Waals surface area contributed by atoms with Gasteiger partial charge in [0.25, 0.3) is 0 Å². The molecule has 27 heavy (non-hydrogen) atoms. The monoisotopic (exact) mass is 391 g/mol. The number of nitrogens with one attached hydrogen (secondary N) is 2. The van der Waals surface area contributed by atoms with Gasteiger partial charge in [0.15, 0.2) is 0 Å². The number of sulfonamides is 1. The van der Waals surface area contributed by atoms with E-state index < -0.39 is 10.0 Å². The van der Waals surface area contributed by atoms with Crippen LogP contribution in [0.3, 0.4) is 0 Å². The molecule has 8 heteroatoms. The van der Waals surface area contributed by atoms with Crippen LogP contribution < -0.4 is 20.5 Å². The van der Waals surface area contributed by atoms with Gasteiger partial charge in [-0.05, 0) is 55.2 Å². The van der Waals surface area contributed by atoms with Gasteiger partial charge in [-0.25, -0.2) is 18.4 Å². The molecule has 2 aromatic rings. The van der Waals surface area contributed by atoms with E-state index >= 15 is 0 Å². The van der Waals surface area contributed by atoms with E-state index in [-0.39, 0.29) is 10.9 Å². The van der Waals surface area contributed by atoms with Crippen molar-refractivity contribution in [3.8, 4) is 5.75 Å². The maximum Gasteiger partial charge on any atom is 0.314 e. The molecule has 0 aromatic heterocycles. The summed E-state index contributed by atoms with van der Waals surface area (Å²) in [5.41, 5.74) is 3.16. The Bertz CT molecular complexity index is 880. The largest absolute Gasteiger partial charge is 0.491 e. The number of carbonyl (C=O) groups is 1. The van der Waals surface area contributed by atoms with Gasteiger partial charge in [-0.3, -0.25) is 0 Å². The predicted octanol–water partition coefficient (Wildman–Crippen LogP) is 1.87. The van der Waals surface area contributed by atoms with Crippen molar-refractivity contribution in [3.05, 3.63) is 59.2 Å². The van der Waals surface area contributed by atoms with Crippen molar-refractivity contribution in [3.63, 3.8) is 0 Å². The molecule has 0 atom stereocenters. The zero-order valence-electron chi connectivity index (χ0n) is 15.5. The first-order valence-electron chi connectivity index (χ1n) is 8.60. The lowest BCUT2D eigenvalue weighted by molar-refractivity contribution is 0.236. The number of primary sulfonamides is 1. The summed E-state index contributed by atoms with van der Waals surface area (Å²) in [5.74, 6) is 0.820. The molecule has 0 heterocycles. The third-order valence-corrected chi connectivity index (χ3v) is 5.08. The summed E-state index contributed by atoms with van der Waals surface area (Å²) >= 11 is 0. The maximum atomic E-state index is 11.8. The quantitative estimate of drug-likeness (QED) is 0.597. The van der Waals surface area contributed by atoms with Crippen LogP contribution >= 0.6 is 0 Å². The predicted molar refractivity (Wildman–Crippen MR) is 104 cm³/mol. The molecule has 0 bridgehead atoms. The smallest absolute Gasteiger partial charge is 0.314 e. The lowest BCUT2D eigenvalue weighted by atomic mass is 10.1. The highest BCUT2D eigenvalue weighted by Gasteiger charge is 2.07. The Balaban J connectivity index is 1.65. The van der Waals surface area contributed by atoms with Gasteiger partial charge >= 0.3 is 6.03 Å². The Morgan fingerprint density at radius 1 is 1.04 bits per heavy atom. The number of nitrogens with two attached hydrogens (primary N) is 1. The number of hydrogen-bond acceptors (Lipinski definition) is 4.